The van der Waals surface area contributed by atoms with Gasteiger partial charge in [0.2, 0.25) is 0 Å². The van der Waals surface area contributed by atoms with Crippen LogP contribution in [0.5, 0.6) is 5.75 Å². The Morgan fingerprint density at radius 1 is 1.22 bits per heavy atom. The molecule has 0 radical (unpaired) electrons. The second kappa shape index (κ2) is 9.41. The molecule has 0 amide bonds. The normalized spacial score (nSPS) is 16.6. The van der Waals surface area contributed by atoms with Crippen LogP contribution in [-0.2, 0) is 22.1 Å². The Morgan fingerprint density at radius 3 is 2.74 bits per heavy atom. The molecule has 1 unspecified atom stereocenters. The average molecular weight is 501 g/mol. The Hall–Kier alpha value is -1.81. The lowest BCUT2D eigenvalue weighted by Crippen LogP contribution is -2.37. The van der Waals surface area contributed by atoms with Crippen molar-refractivity contribution in [2.45, 2.75) is 24.8 Å². The lowest BCUT2D eigenvalue weighted by atomic mass is 10.0. The number of fused-ring (bicyclic) bond motifs is 1. The number of rotatable bonds is 5. The first-order chi connectivity index (χ1) is 12.4. The Morgan fingerprint density at radius 2 is 1.96 bits per heavy atom. The van der Waals surface area contributed by atoms with Gasteiger partial charge in [-0.15, -0.1) is 24.0 Å². The predicted octanol–water partition coefficient (Wildman–Crippen LogP) is 2.78. The maximum atomic E-state index is 11.4. The monoisotopic (exact) mass is 501 g/mol. The minimum atomic E-state index is -3.06. The van der Waals surface area contributed by atoms with Crippen molar-refractivity contribution in [3.63, 3.8) is 0 Å². The molecule has 0 saturated carbocycles. The predicted molar refractivity (Wildman–Crippen MR) is 118 cm³/mol. The number of nitrogens with two attached hydrogens (primary N) is 1. The second-order valence-electron chi connectivity index (χ2n) is 6.46. The fourth-order valence-electron chi connectivity index (χ4n) is 3.01. The standard InChI is InChI=1S/C19H23N3O3S.HI/c1-26(23,24)13-15-6-4-5-14(11-15)12-21-19(20)22-17-9-10-25-18-8-3-2-7-16(17)18;/h2-8,11,17H,9-10,12-13H2,1H3,(H3,20,21,22);1H. The molecule has 146 valence electrons. The van der Waals surface area contributed by atoms with Gasteiger partial charge < -0.3 is 15.8 Å². The molecule has 0 bridgehead atoms. The molecule has 0 aliphatic carbocycles. The van der Waals surface area contributed by atoms with E-state index in [9.17, 15) is 8.42 Å². The number of hydrogen-bond donors (Lipinski definition) is 2. The molecular weight excluding hydrogens is 477 g/mol. The Labute approximate surface area is 177 Å². The fraction of sp³-hybridized carbons (Fsp3) is 0.316. The smallest absolute Gasteiger partial charge is 0.189 e. The van der Waals surface area contributed by atoms with Gasteiger partial charge in [-0.3, -0.25) is 0 Å². The lowest BCUT2D eigenvalue weighted by molar-refractivity contribution is 0.262. The van der Waals surface area contributed by atoms with E-state index in [0.717, 1.165) is 28.9 Å². The van der Waals surface area contributed by atoms with E-state index in [2.05, 4.69) is 10.3 Å². The molecule has 2 aromatic carbocycles. The van der Waals surface area contributed by atoms with Crippen molar-refractivity contribution in [2.75, 3.05) is 12.9 Å². The van der Waals surface area contributed by atoms with E-state index in [1.165, 1.54) is 6.26 Å². The number of nitrogens with zero attached hydrogens (tertiary/aromatic N) is 1. The molecule has 3 rings (SSSR count). The molecule has 1 heterocycles. The van der Waals surface area contributed by atoms with Crippen molar-refractivity contribution in [2.24, 2.45) is 10.7 Å². The maximum Gasteiger partial charge on any atom is 0.189 e. The summed E-state index contributed by atoms with van der Waals surface area (Å²) in [6, 6.07) is 15.4. The van der Waals surface area contributed by atoms with Crippen LogP contribution < -0.4 is 15.8 Å². The molecule has 6 nitrogen and oxygen atoms in total. The summed E-state index contributed by atoms with van der Waals surface area (Å²) in [5.74, 6) is 1.26. The number of aliphatic imine (C=N–C) groups is 1. The van der Waals surface area contributed by atoms with E-state index in [4.69, 9.17) is 10.5 Å². The van der Waals surface area contributed by atoms with Crippen LogP contribution in [0.1, 0.15) is 29.2 Å². The molecule has 1 atom stereocenters. The van der Waals surface area contributed by atoms with Gasteiger partial charge in [0.25, 0.3) is 0 Å². The highest BCUT2D eigenvalue weighted by atomic mass is 127. The molecule has 27 heavy (non-hydrogen) atoms. The highest BCUT2D eigenvalue weighted by molar-refractivity contribution is 14.0. The summed E-state index contributed by atoms with van der Waals surface area (Å²) in [6.45, 7) is 1.02. The summed E-state index contributed by atoms with van der Waals surface area (Å²) in [5.41, 5.74) is 8.80. The van der Waals surface area contributed by atoms with Gasteiger partial charge in [-0.05, 0) is 17.2 Å². The third kappa shape index (κ3) is 6.39. The number of halogens is 1. The Balaban J connectivity index is 0.00000261. The summed E-state index contributed by atoms with van der Waals surface area (Å²) in [6.07, 6.45) is 2.04. The molecule has 3 N–H and O–H groups in total. The van der Waals surface area contributed by atoms with Crippen LogP contribution in [0.25, 0.3) is 0 Å². The van der Waals surface area contributed by atoms with E-state index < -0.39 is 9.84 Å². The summed E-state index contributed by atoms with van der Waals surface area (Å²) in [4.78, 5) is 4.39. The van der Waals surface area contributed by atoms with Crippen LogP contribution in [0, 0.1) is 0 Å². The number of para-hydroxylation sites is 1. The first kappa shape index (κ1) is 21.5. The summed E-state index contributed by atoms with van der Waals surface area (Å²) in [7, 11) is -3.06. The van der Waals surface area contributed by atoms with Gasteiger partial charge in [0.05, 0.1) is 24.9 Å². The second-order valence-corrected chi connectivity index (χ2v) is 8.60. The molecule has 0 spiro atoms. The zero-order valence-corrected chi connectivity index (χ0v) is 18.2. The number of hydrogen-bond acceptors (Lipinski definition) is 4. The largest absolute Gasteiger partial charge is 0.493 e. The maximum absolute atomic E-state index is 11.4. The van der Waals surface area contributed by atoms with Gasteiger partial charge in [-0.25, -0.2) is 13.4 Å². The topological polar surface area (TPSA) is 93.8 Å². The first-order valence-electron chi connectivity index (χ1n) is 8.44. The number of benzene rings is 2. The highest BCUT2D eigenvalue weighted by Gasteiger charge is 2.21. The number of sulfone groups is 1. The molecule has 0 aromatic heterocycles. The van der Waals surface area contributed by atoms with Gasteiger partial charge in [0.15, 0.2) is 15.8 Å². The summed E-state index contributed by atoms with van der Waals surface area (Å²) >= 11 is 0. The Kier molecular flexibility index (Phi) is 7.49. The van der Waals surface area contributed by atoms with Gasteiger partial charge in [-0.2, -0.15) is 0 Å². The third-order valence-corrected chi connectivity index (χ3v) is 4.99. The van der Waals surface area contributed by atoms with Gasteiger partial charge in [-0.1, -0.05) is 42.5 Å². The number of guanidine groups is 1. The zero-order chi connectivity index (χ0) is 18.6. The van der Waals surface area contributed by atoms with Crippen molar-refractivity contribution < 1.29 is 13.2 Å². The van der Waals surface area contributed by atoms with Gasteiger partial charge >= 0.3 is 0 Å². The first-order valence-corrected chi connectivity index (χ1v) is 10.5. The molecule has 1 aliphatic rings. The van der Waals surface area contributed by atoms with Crippen LogP contribution >= 0.6 is 24.0 Å². The molecule has 1 aliphatic heterocycles. The molecule has 2 aromatic rings. The zero-order valence-electron chi connectivity index (χ0n) is 15.1. The minimum Gasteiger partial charge on any atom is -0.493 e. The van der Waals surface area contributed by atoms with Crippen molar-refractivity contribution in [3.8, 4) is 5.75 Å². The SMILES string of the molecule is CS(=O)(=O)Cc1cccc(CN=C(N)NC2CCOc3ccccc32)c1.I. The molecule has 0 fully saturated rings. The Bertz CT molecular complexity index is 916. The third-order valence-electron chi connectivity index (χ3n) is 4.13. The van der Waals surface area contributed by atoms with E-state index in [0.29, 0.717) is 19.1 Å². The van der Waals surface area contributed by atoms with Crippen LogP contribution in [0.4, 0.5) is 0 Å². The number of ether oxygens (including phenoxy) is 1. The van der Waals surface area contributed by atoms with Crippen molar-refractivity contribution in [1.82, 2.24) is 5.32 Å². The van der Waals surface area contributed by atoms with E-state index in [-0.39, 0.29) is 35.8 Å². The summed E-state index contributed by atoms with van der Waals surface area (Å²) < 4.78 is 28.5. The van der Waals surface area contributed by atoms with Crippen molar-refractivity contribution >= 4 is 39.8 Å². The summed E-state index contributed by atoms with van der Waals surface area (Å²) in [5, 5.41) is 3.25. The quantitative estimate of drug-likeness (QED) is 0.374. The fourth-order valence-corrected chi connectivity index (χ4v) is 3.80. The van der Waals surface area contributed by atoms with Crippen LogP contribution in [0.15, 0.2) is 53.5 Å². The van der Waals surface area contributed by atoms with Crippen LogP contribution in [-0.4, -0.2) is 27.2 Å². The van der Waals surface area contributed by atoms with E-state index in [1.807, 2.05) is 42.5 Å². The minimum absolute atomic E-state index is 0. The van der Waals surface area contributed by atoms with Gasteiger partial charge in [0.1, 0.15) is 5.75 Å². The van der Waals surface area contributed by atoms with Crippen molar-refractivity contribution in [1.29, 1.82) is 0 Å². The molecule has 0 saturated heterocycles. The van der Waals surface area contributed by atoms with Crippen LogP contribution in [0.2, 0.25) is 0 Å². The van der Waals surface area contributed by atoms with E-state index in [1.54, 1.807) is 6.07 Å². The lowest BCUT2D eigenvalue weighted by Gasteiger charge is -2.26. The average Bonchev–Trinajstić information content (AvgIpc) is 2.59. The van der Waals surface area contributed by atoms with E-state index >= 15 is 0 Å². The van der Waals surface area contributed by atoms with Gasteiger partial charge in [0, 0.05) is 18.2 Å². The van der Waals surface area contributed by atoms with Crippen molar-refractivity contribution in [3.05, 3.63) is 65.2 Å². The highest BCUT2D eigenvalue weighted by Crippen LogP contribution is 2.31. The molecule has 8 heteroatoms. The molecular formula is C19H24IN3O3S. The number of nitrogens with one attached hydrogen (secondary N) is 1. The van der Waals surface area contributed by atoms with Crippen LogP contribution in [0.3, 0.4) is 0 Å².